The highest BCUT2D eigenvalue weighted by Gasteiger charge is 2.27. The van der Waals surface area contributed by atoms with E-state index in [1.165, 1.54) is 0 Å². The third-order valence-electron chi connectivity index (χ3n) is 3.79. The topological polar surface area (TPSA) is 33.5 Å². The van der Waals surface area contributed by atoms with Crippen molar-refractivity contribution < 1.29 is 22.9 Å². The van der Waals surface area contributed by atoms with E-state index in [9.17, 15) is 18.0 Å². The number of piperidine rings is 1. The summed E-state index contributed by atoms with van der Waals surface area (Å²) in [5.41, 5.74) is -0.322. The smallest absolute Gasteiger partial charge is 0.282 e. The van der Waals surface area contributed by atoms with E-state index in [0.29, 0.717) is 0 Å². The number of amides is 1. The molecule has 0 bridgehead atoms. The minimum atomic E-state index is -1.57. The third kappa shape index (κ3) is 3.12. The molecule has 1 heterocycles. The zero-order valence-corrected chi connectivity index (χ0v) is 11.3. The summed E-state index contributed by atoms with van der Waals surface area (Å²) in [5.74, 6) is -4.58. The maximum absolute atomic E-state index is 13.5. The van der Waals surface area contributed by atoms with Gasteiger partial charge in [0.2, 0.25) is 0 Å². The van der Waals surface area contributed by atoms with Crippen molar-refractivity contribution in [2.24, 2.45) is 0 Å². The maximum Gasteiger partial charge on any atom is 0.282 e. The summed E-state index contributed by atoms with van der Waals surface area (Å²) < 4.78 is 39.4. The first-order valence-electron chi connectivity index (χ1n) is 6.79. The molecular formula is C14H18F3N2O+. The lowest BCUT2D eigenvalue weighted by Gasteiger charge is -2.28. The van der Waals surface area contributed by atoms with E-state index in [1.54, 1.807) is 6.92 Å². The van der Waals surface area contributed by atoms with Gasteiger partial charge in [0.1, 0.15) is 0 Å². The Morgan fingerprint density at radius 1 is 1.15 bits per heavy atom. The van der Waals surface area contributed by atoms with Gasteiger partial charge in [-0.1, -0.05) is 0 Å². The molecule has 1 amide bonds. The lowest BCUT2D eigenvalue weighted by Crippen LogP contribution is -3.17. The van der Waals surface area contributed by atoms with Gasteiger partial charge in [-0.25, -0.2) is 13.2 Å². The molecule has 6 heteroatoms. The van der Waals surface area contributed by atoms with Gasteiger partial charge in [-0.3, -0.25) is 4.79 Å². The Morgan fingerprint density at radius 2 is 1.80 bits per heavy atom. The number of hydrogen-bond acceptors (Lipinski definition) is 1. The zero-order valence-electron chi connectivity index (χ0n) is 11.3. The van der Waals surface area contributed by atoms with E-state index in [0.717, 1.165) is 49.4 Å². The number of carbonyl (C=O) groups excluding carboxylic acids is 1. The molecule has 1 fully saturated rings. The fourth-order valence-corrected chi connectivity index (χ4v) is 2.49. The fraction of sp³-hybridized carbons (Fsp3) is 0.500. The molecule has 0 spiro atoms. The maximum atomic E-state index is 13.5. The molecule has 1 aromatic carbocycles. The van der Waals surface area contributed by atoms with Gasteiger partial charge in [-0.05, 0) is 38.3 Å². The summed E-state index contributed by atoms with van der Waals surface area (Å²) in [4.78, 5) is 13.2. The monoisotopic (exact) mass is 287 g/mol. The van der Waals surface area contributed by atoms with Crippen molar-refractivity contribution in [2.45, 2.75) is 32.2 Å². The standard InChI is InChI=1S/C14H17F3N2O/c1-9(19-7-3-2-4-8-19)14(20)18-11-6-5-10(15)12(16)13(11)17/h5-6,9H,2-4,7-8H2,1H3,(H,18,20)/p+1/t9-/m1/s1. The minimum Gasteiger partial charge on any atom is -0.325 e. The van der Waals surface area contributed by atoms with Gasteiger partial charge in [-0.15, -0.1) is 0 Å². The number of rotatable bonds is 3. The van der Waals surface area contributed by atoms with Crippen molar-refractivity contribution in [1.82, 2.24) is 0 Å². The van der Waals surface area contributed by atoms with Crippen LogP contribution in [0, 0.1) is 17.5 Å². The van der Waals surface area contributed by atoms with Gasteiger partial charge in [0.15, 0.2) is 23.5 Å². The average Bonchev–Trinajstić information content (AvgIpc) is 2.48. The number of benzene rings is 1. The highest BCUT2D eigenvalue weighted by Crippen LogP contribution is 2.19. The second-order valence-electron chi connectivity index (χ2n) is 5.15. The minimum absolute atomic E-state index is 0.322. The first-order chi connectivity index (χ1) is 9.50. The van der Waals surface area contributed by atoms with Crippen LogP contribution < -0.4 is 10.2 Å². The van der Waals surface area contributed by atoms with Crippen molar-refractivity contribution in [3.8, 4) is 0 Å². The Labute approximate surface area is 115 Å². The molecule has 0 radical (unpaired) electrons. The molecule has 0 saturated carbocycles. The van der Waals surface area contributed by atoms with Gasteiger partial charge >= 0.3 is 0 Å². The van der Waals surface area contributed by atoms with Crippen LogP contribution in [-0.4, -0.2) is 25.0 Å². The highest BCUT2D eigenvalue weighted by molar-refractivity contribution is 5.93. The van der Waals surface area contributed by atoms with Crippen LogP contribution in [0.25, 0.3) is 0 Å². The molecule has 110 valence electrons. The Hall–Kier alpha value is -1.56. The van der Waals surface area contributed by atoms with E-state index in [4.69, 9.17) is 0 Å². The van der Waals surface area contributed by atoms with E-state index in [-0.39, 0.29) is 17.6 Å². The number of carbonyl (C=O) groups is 1. The van der Waals surface area contributed by atoms with Crippen LogP contribution in [0.3, 0.4) is 0 Å². The van der Waals surface area contributed by atoms with Crippen molar-refractivity contribution >= 4 is 11.6 Å². The molecule has 1 aromatic rings. The summed E-state index contributed by atoms with van der Waals surface area (Å²) in [6, 6.07) is 1.49. The second-order valence-corrected chi connectivity index (χ2v) is 5.15. The molecule has 2 rings (SSSR count). The molecule has 3 nitrogen and oxygen atoms in total. The lowest BCUT2D eigenvalue weighted by molar-refractivity contribution is -0.918. The largest absolute Gasteiger partial charge is 0.325 e. The van der Waals surface area contributed by atoms with Crippen molar-refractivity contribution in [3.63, 3.8) is 0 Å². The Balaban J connectivity index is 2.05. The Morgan fingerprint density at radius 3 is 2.45 bits per heavy atom. The van der Waals surface area contributed by atoms with Crippen molar-refractivity contribution in [2.75, 3.05) is 18.4 Å². The van der Waals surface area contributed by atoms with Crippen LogP contribution >= 0.6 is 0 Å². The first-order valence-corrected chi connectivity index (χ1v) is 6.79. The molecular weight excluding hydrogens is 269 g/mol. The number of anilines is 1. The van der Waals surface area contributed by atoms with Gasteiger partial charge in [-0.2, -0.15) is 0 Å². The number of quaternary nitrogens is 1. The summed E-state index contributed by atoms with van der Waals surface area (Å²) >= 11 is 0. The predicted molar refractivity (Wildman–Crippen MR) is 69.0 cm³/mol. The average molecular weight is 287 g/mol. The number of likely N-dealkylation sites (tertiary alicyclic amines) is 1. The quantitative estimate of drug-likeness (QED) is 0.812. The molecule has 1 aliphatic rings. The number of halogens is 3. The van der Waals surface area contributed by atoms with Gasteiger partial charge in [0.05, 0.1) is 18.8 Å². The van der Waals surface area contributed by atoms with E-state index in [2.05, 4.69) is 5.32 Å². The summed E-state index contributed by atoms with van der Waals surface area (Å²) in [6.45, 7) is 3.55. The normalized spacial score (nSPS) is 17.8. The van der Waals surface area contributed by atoms with E-state index < -0.39 is 17.5 Å². The molecule has 1 aliphatic heterocycles. The third-order valence-corrected chi connectivity index (χ3v) is 3.79. The van der Waals surface area contributed by atoms with E-state index >= 15 is 0 Å². The fourth-order valence-electron chi connectivity index (χ4n) is 2.49. The van der Waals surface area contributed by atoms with Gasteiger partial charge in [0, 0.05) is 0 Å². The first kappa shape index (κ1) is 14.8. The molecule has 1 atom stereocenters. The van der Waals surface area contributed by atoms with Crippen LogP contribution in [-0.2, 0) is 4.79 Å². The Kier molecular flexibility index (Phi) is 4.65. The Bertz CT molecular complexity index is 501. The van der Waals surface area contributed by atoms with Crippen LogP contribution in [0.1, 0.15) is 26.2 Å². The zero-order chi connectivity index (χ0) is 14.7. The molecule has 0 unspecified atom stereocenters. The summed E-state index contributed by atoms with van der Waals surface area (Å²) in [6.07, 6.45) is 3.29. The molecule has 0 aliphatic carbocycles. The SMILES string of the molecule is C[C@H](C(=O)Nc1ccc(F)c(F)c1F)[NH+]1CCCCC1. The van der Waals surface area contributed by atoms with Crippen LogP contribution in [0.15, 0.2) is 12.1 Å². The highest BCUT2D eigenvalue weighted by atomic mass is 19.2. The second kappa shape index (κ2) is 6.26. The lowest BCUT2D eigenvalue weighted by atomic mass is 10.1. The van der Waals surface area contributed by atoms with Gasteiger partial charge < -0.3 is 10.2 Å². The predicted octanol–water partition coefficient (Wildman–Crippen LogP) is 1.50. The van der Waals surface area contributed by atoms with Crippen LogP contribution in [0.2, 0.25) is 0 Å². The summed E-state index contributed by atoms with van der Waals surface area (Å²) in [5, 5.41) is 2.33. The summed E-state index contributed by atoms with van der Waals surface area (Å²) in [7, 11) is 0. The molecule has 20 heavy (non-hydrogen) atoms. The van der Waals surface area contributed by atoms with Gasteiger partial charge in [0.25, 0.3) is 5.91 Å². The van der Waals surface area contributed by atoms with Crippen LogP contribution in [0.5, 0.6) is 0 Å². The molecule has 0 aromatic heterocycles. The van der Waals surface area contributed by atoms with Crippen LogP contribution in [0.4, 0.5) is 18.9 Å². The van der Waals surface area contributed by atoms with Crippen molar-refractivity contribution in [3.05, 3.63) is 29.6 Å². The molecule has 1 saturated heterocycles. The number of hydrogen-bond donors (Lipinski definition) is 2. The van der Waals surface area contributed by atoms with Crippen molar-refractivity contribution in [1.29, 1.82) is 0 Å². The van der Waals surface area contributed by atoms with E-state index in [1.807, 2.05) is 0 Å². The molecule has 2 N–H and O–H groups in total. The number of nitrogens with one attached hydrogen (secondary N) is 2.